The number of carbonyl (C=O) groups excluding carboxylic acids is 2. The number of hydrogen-bond donors (Lipinski definition) is 1. The third-order valence-electron chi connectivity index (χ3n) is 5.66. The topological polar surface area (TPSA) is 111 Å². The Kier molecular flexibility index (Phi) is 8.08. The largest absolute Gasteiger partial charge is 0.452 e. The molecule has 35 heavy (non-hydrogen) atoms. The zero-order chi connectivity index (χ0) is 25.8. The molecule has 0 atom stereocenters. The molecule has 0 bridgehead atoms. The van der Waals surface area contributed by atoms with Gasteiger partial charge >= 0.3 is 5.97 Å². The highest BCUT2D eigenvalue weighted by Crippen LogP contribution is 2.23. The highest BCUT2D eigenvalue weighted by atomic mass is 32.2. The van der Waals surface area contributed by atoms with Crippen LogP contribution < -0.4 is 5.32 Å². The first-order valence-electron chi connectivity index (χ1n) is 11.3. The number of ether oxygens (including phenoxy) is 1. The second-order valence-corrected chi connectivity index (χ2v) is 9.92. The van der Waals surface area contributed by atoms with E-state index in [1.165, 1.54) is 16.4 Å². The molecular weight excluding hydrogens is 468 g/mol. The highest BCUT2D eigenvalue weighted by molar-refractivity contribution is 7.89. The Morgan fingerprint density at radius 3 is 2.31 bits per heavy atom. The van der Waals surface area contributed by atoms with Gasteiger partial charge in [0.25, 0.3) is 5.91 Å². The standard InChI is InChI=1S/C25H30N4O5S/c1-6-28(7-2)35(32,33)21-14-13-17(3)22(15-21)25(31)34-16-23(30)26-24-18(4)27-29(19(24)5)20-11-9-8-10-12-20/h8-15H,6-7,16H2,1-5H3,(H,26,30). The number of sulfonamides is 1. The molecule has 0 saturated carbocycles. The summed E-state index contributed by atoms with van der Waals surface area (Å²) in [5, 5.41) is 7.24. The van der Waals surface area contributed by atoms with Gasteiger partial charge in [-0.2, -0.15) is 9.40 Å². The van der Waals surface area contributed by atoms with Crippen molar-refractivity contribution >= 4 is 27.6 Å². The second-order valence-electron chi connectivity index (χ2n) is 7.98. The van der Waals surface area contributed by atoms with E-state index in [1.807, 2.05) is 37.3 Å². The van der Waals surface area contributed by atoms with Crippen molar-refractivity contribution in [1.29, 1.82) is 0 Å². The van der Waals surface area contributed by atoms with Crippen LogP contribution in [0.4, 0.5) is 5.69 Å². The number of carbonyl (C=O) groups is 2. The summed E-state index contributed by atoms with van der Waals surface area (Å²) in [6, 6.07) is 13.8. The van der Waals surface area contributed by atoms with Gasteiger partial charge in [0, 0.05) is 13.1 Å². The minimum Gasteiger partial charge on any atom is -0.452 e. The summed E-state index contributed by atoms with van der Waals surface area (Å²) in [5.41, 5.74) is 3.39. The molecule has 0 saturated heterocycles. The number of para-hydroxylation sites is 1. The molecule has 0 unspecified atom stereocenters. The van der Waals surface area contributed by atoms with Crippen LogP contribution in [0.15, 0.2) is 53.4 Å². The second kappa shape index (κ2) is 10.8. The van der Waals surface area contributed by atoms with Crippen molar-refractivity contribution in [2.45, 2.75) is 39.5 Å². The molecule has 186 valence electrons. The van der Waals surface area contributed by atoms with Gasteiger partial charge in [0.2, 0.25) is 10.0 Å². The van der Waals surface area contributed by atoms with E-state index in [2.05, 4.69) is 10.4 Å². The highest BCUT2D eigenvalue weighted by Gasteiger charge is 2.24. The number of aryl methyl sites for hydroxylation is 2. The summed E-state index contributed by atoms with van der Waals surface area (Å²) in [5.74, 6) is -1.30. The lowest BCUT2D eigenvalue weighted by molar-refractivity contribution is -0.119. The number of benzene rings is 2. The van der Waals surface area contributed by atoms with Crippen molar-refractivity contribution < 1.29 is 22.7 Å². The van der Waals surface area contributed by atoms with Crippen molar-refractivity contribution in [3.8, 4) is 5.69 Å². The first kappa shape index (κ1) is 26.1. The fourth-order valence-corrected chi connectivity index (χ4v) is 5.21. The fourth-order valence-electron chi connectivity index (χ4n) is 3.72. The molecule has 0 aliphatic rings. The maximum absolute atomic E-state index is 12.8. The molecular formula is C25H30N4O5S. The van der Waals surface area contributed by atoms with E-state index in [-0.39, 0.29) is 10.5 Å². The maximum atomic E-state index is 12.8. The van der Waals surface area contributed by atoms with E-state index in [4.69, 9.17) is 4.74 Å². The van der Waals surface area contributed by atoms with Gasteiger partial charge in [-0.15, -0.1) is 0 Å². The van der Waals surface area contributed by atoms with E-state index in [0.29, 0.717) is 30.0 Å². The van der Waals surface area contributed by atoms with Crippen molar-refractivity contribution in [3.63, 3.8) is 0 Å². The van der Waals surface area contributed by atoms with Crippen LogP contribution in [0.25, 0.3) is 5.69 Å². The fraction of sp³-hybridized carbons (Fsp3) is 0.320. The molecule has 9 nitrogen and oxygen atoms in total. The molecule has 0 aliphatic carbocycles. The van der Waals surface area contributed by atoms with Gasteiger partial charge < -0.3 is 10.1 Å². The quantitative estimate of drug-likeness (QED) is 0.451. The summed E-state index contributed by atoms with van der Waals surface area (Å²) in [6.07, 6.45) is 0. The van der Waals surface area contributed by atoms with Crippen LogP contribution in [0, 0.1) is 20.8 Å². The average Bonchev–Trinajstić information content (AvgIpc) is 3.12. The molecule has 1 aromatic heterocycles. The lowest BCUT2D eigenvalue weighted by Crippen LogP contribution is -2.30. The molecule has 3 rings (SSSR count). The van der Waals surface area contributed by atoms with Gasteiger partial charge in [-0.3, -0.25) is 4.79 Å². The van der Waals surface area contributed by atoms with E-state index in [0.717, 1.165) is 11.4 Å². The lowest BCUT2D eigenvalue weighted by Gasteiger charge is -2.19. The predicted molar refractivity (Wildman–Crippen MR) is 133 cm³/mol. The number of hydrogen-bond acceptors (Lipinski definition) is 6. The lowest BCUT2D eigenvalue weighted by atomic mass is 10.1. The first-order chi connectivity index (χ1) is 16.6. The van der Waals surface area contributed by atoms with Crippen LogP contribution in [0.5, 0.6) is 0 Å². The van der Waals surface area contributed by atoms with E-state index >= 15 is 0 Å². The monoisotopic (exact) mass is 498 g/mol. The van der Waals surface area contributed by atoms with Crippen molar-refractivity contribution in [1.82, 2.24) is 14.1 Å². The molecule has 10 heteroatoms. The molecule has 0 fully saturated rings. The number of anilines is 1. The SMILES string of the molecule is CCN(CC)S(=O)(=O)c1ccc(C)c(C(=O)OCC(=O)Nc2c(C)nn(-c3ccccc3)c2C)c1. The minimum atomic E-state index is -3.74. The molecule has 2 aromatic carbocycles. The third kappa shape index (κ3) is 5.60. The van der Waals surface area contributed by atoms with Crippen LogP contribution in [0.3, 0.4) is 0 Å². The molecule has 3 aromatic rings. The van der Waals surface area contributed by atoms with Crippen LogP contribution >= 0.6 is 0 Å². The van der Waals surface area contributed by atoms with E-state index in [9.17, 15) is 18.0 Å². The van der Waals surface area contributed by atoms with E-state index < -0.39 is 28.5 Å². The van der Waals surface area contributed by atoms with Gasteiger partial charge in [0.1, 0.15) is 0 Å². The Bertz CT molecular complexity index is 1330. The van der Waals surface area contributed by atoms with Crippen molar-refractivity contribution in [3.05, 3.63) is 71.0 Å². The number of nitrogens with one attached hydrogen (secondary N) is 1. The Morgan fingerprint density at radius 2 is 1.69 bits per heavy atom. The van der Waals surface area contributed by atoms with Crippen LogP contribution in [0.1, 0.15) is 41.2 Å². The first-order valence-corrected chi connectivity index (χ1v) is 12.7. The number of esters is 1. The molecule has 1 N–H and O–H groups in total. The van der Waals surface area contributed by atoms with Gasteiger partial charge in [-0.25, -0.2) is 17.9 Å². The number of nitrogens with zero attached hydrogens (tertiary/aromatic N) is 3. The van der Waals surface area contributed by atoms with Gasteiger partial charge in [-0.1, -0.05) is 38.1 Å². The maximum Gasteiger partial charge on any atom is 0.338 e. The van der Waals surface area contributed by atoms with Crippen LogP contribution in [-0.2, 0) is 19.6 Å². The number of aromatic nitrogens is 2. The zero-order valence-electron chi connectivity index (χ0n) is 20.5. The van der Waals surface area contributed by atoms with Gasteiger partial charge in [0.05, 0.1) is 33.2 Å². The summed E-state index contributed by atoms with van der Waals surface area (Å²) in [4.78, 5) is 25.3. The van der Waals surface area contributed by atoms with Crippen LogP contribution in [0.2, 0.25) is 0 Å². The van der Waals surface area contributed by atoms with Gasteiger partial charge in [-0.05, 0) is 50.6 Å². The molecule has 1 amide bonds. The normalized spacial score (nSPS) is 11.5. The Morgan fingerprint density at radius 1 is 1.03 bits per heavy atom. The third-order valence-corrected chi connectivity index (χ3v) is 7.71. The summed E-state index contributed by atoms with van der Waals surface area (Å²) >= 11 is 0. The summed E-state index contributed by atoms with van der Waals surface area (Å²) in [7, 11) is -3.74. The predicted octanol–water partition coefficient (Wildman–Crippen LogP) is 3.62. The Hall–Kier alpha value is -3.50. The van der Waals surface area contributed by atoms with Crippen molar-refractivity contribution in [2.24, 2.45) is 0 Å². The molecule has 1 heterocycles. The Labute approximate surface area is 205 Å². The van der Waals surface area contributed by atoms with Crippen LogP contribution in [-0.4, -0.2) is 54.1 Å². The minimum absolute atomic E-state index is 0.00257. The van der Waals surface area contributed by atoms with E-state index in [1.54, 1.807) is 38.4 Å². The average molecular weight is 499 g/mol. The molecule has 0 radical (unpaired) electrons. The number of amides is 1. The Balaban J connectivity index is 1.72. The molecule has 0 spiro atoms. The summed E-state index contributed by atoms with van der Waals surface area (Å²) in [6.45, 7) is 8.87. The van der Waals surface area contributed by atoms with Crippen molar-refractivity contribution in [2.75, 3.05) is 25.0 Å². The molecule has 0 aliphatic heterocycles. The summed E-state index contributed by atoms with van der Waals surface area (Å²) < 4.78 is 33.9. The zero-order valence-corrected chi connectivity index (χ0v) is 21.3. The van der Waals surface area contributed by atoms with Gasteiger partial charge in [0.15, 0.2) is 6.61 Å². The number of rotatable bonds is 9. The smallest absolute Gasteiger partial charge is 0.338 e.